The summed E-state index contributed by atoms with van der Waals surface area (Å²) in [5.74, 6) is 2.85. The van der Waals surface area contributed by atoms with E-state index in [4.69, 9.17) is 9.97 Å². The molecule has 2 fully saturated rings. The fourth-order valence-electron chi connectivity index (χ4n) is 5.10. The van der Waals surface area contributed by atoms with Gasteiger partial charge in [-0.25, -0.2) is 15.0 Å². The standard InChI is InChI=1S/C26H36N8O2/c1-18-5-8-27-21(11-18)29-22-12-23(33-16-26(17-33)6-9-32(10-7-26)19(2)35)31-24(30-22)20-13-28-34(14-20)15-25(3,4)36/h5,8,11-14,19,35-36H,6-7,9-10,15-17H2,1-4H3,(H,27,29,30,31). The van der Waals surface area contributed by atoms with Crippen molar-refractivity contribution in [2.75, 3.05) is 36.4 Å². The Morgan fingerprint density at radius 3 is 2.56 bits per heavy atom. The number of pyridine rings is 1. The summed E-state index contributed by atoms with van der Waals surface area (Å²) in [4.78, 5) is 18.5. The normalized spacial score (nSPS) is 18.8. The van der Waals surface area contributed by atoms with E-state index in [1.54, 1.807) is 30.9 Å². The Kier molecular flexibility index (Phi) is 6.44. The van der Waals surface area contributed by atoms with Gasteiger partial charge in [0.05, 0.1) is 23.9 Å². The number of anilines is 3. The summed E-state index contributed by atoms with van der Waals surface area (Å²) in [5.41, 5.74) is 1.31. The fraction of sp³-hybridized carbons (Fsp3) is 0.538. The predicted octanol–water partition coefficient (Wildman–Crippen LogP) is 2.80. The average Bonchev–Trinajstić information content (AvgIpc) is 3.24. The molecule has 5 rings (SSSR count). The third kappa shape index (κ3) is 5.50. The van der Waals surface area contributed by atoms with Gasteiger partial charge in [-0.05, 0) is 58.2 Å². The molecule has 0 amide bonds. The lowest BCUT2D eigenvalue weighted by Gasteiger charge is -2.54. The Balaban J connectivity index is 1.39. The Morgan fingerprint density at radius 2 is 1.89 bits per heavy atom. The topological polar surface area (TPSA) is 115 Å². The zero-order chi connectivity index (χ0) is 25.5. The molecule has 3 aromatic rings. The number of nitrogens with zero attached hydrogens (tertiary/aromatic N) is 7. The average molecular weight is 493 g/mol. The molecule has 0 saturated carbocycles. The minimum absolute atomic E-state index is 0.278. The number of piperidine rings is 1. The number of hydrogen-bond acceptors (Lipinski definition) is 9. The van der Waals surface area contributed by atoms with Crippen LogP contribution in [0.2, 0.25) is 0 Å². The summed E-state index contributed by atoms with van der Waals surface area (Å²) in [6.07, 6.45) is 7.16. The number of aliphatic hydroxyl groups excluding tert-OH is 1. The predicted molar refractivity (Wildman–Crippen MR) is 139 cm³/mol. The van der Waals surface area contributed by atoms with Gasteiger partial charge in [0, 0.05) is 50.1 Å². The van der Waals surface area contributed by atoms with Crippen LogP contribution in [-0.2, 0) is 6.54 Å². The van der Waals surface area contributed by atoms with Gasteiger partial charge in [0.2, 0.25) is 0 Å². The molecule has 2 aliphatic heterocycles. The van der Waals surface area contributed by atoms with Crippen molar-refractivity contribution in [3.8, 4) is 11.4 Å². The minimum Gasteiger partial charge on any atom is -0.389 e. The van der Waals surface area contributed by atoms with Gasteiger partial charge in [0.1, 0.15) is 23.7 Å². The molecule has 0 aromatic carbocycles. The lowest BCUT2D eigenvalue weighted by molar-refractivity contribution is -0.0300. The third-order valence-electron chi connectivity index (χ3n) is 7.09. The van der Waals surface area contributed by atoms with Gasteiger partial charge in [-0.3, -0.25) is 9.58 Å². The number of hydrogen-bond donors (Lipinski definition) is 3. The van der Waals surface area contributed by atoms with Gasteiger partial charge in [-0.1, -0.05) is 0 Å². The van der Waals surface area contributed by atoms with Crippen LogP contribution >= 0.6 is 0 Å². The highest BCUT2D eigenvalue weighted by Crippen LogP contribution is 2.43. The van der Waals surface area contributed by atoms with E-state index in [2.05, 4.69) is 25.2 Å². The molecular weight excluding hydrogens is 456 g/mol. The monoisotopic (exact) mass is 492 g/mol. The van der Waals surface area contributed by atoms with Crippen molar-refractivity contribution in [3.63, 3.8) is 0 Å². The number of nitrogens with one attached hydrogen (secondary N) is 1. The van der Waals surface area contributed by atoms with Crippen LogP contribution in [0.4, 0.5) is 17.5 Å². The van der Waals surface area contributed by atoms with Gasteiger partial charge in [-0.2, -0.15) is 5.10 Å². The van der Waals surface area contributed by atoms with Crippen LogP contribution in [0.15, 0.2) is 36.8 Å². The first kappa shape index (κ1) is 24.6. The highest BCUT2D eigenvalue weighted by Gasteiger charge is 2.45. The lowest BCUT2D eigenvalue weighted by atomic mass is 9.72. The zero-order valence-electron chi connectivity index (χ0n) is 21.5. The second-order valence-corrected chi connectivity index (χ2v) is 11.0. The molecule has 192 valence electrons. The number of aromatic nitrogens is 5. The van der Waals surface area contributed by atoms with Crippen molar-refractivity contribution in [2.45, 2.75) is 58.9 Å². The Labute approximate surface area is 212 Å². The quantitative estimate of drug-likeness (QED) is 0.458. The molecule has 1 unspecified atom stereocenters. The van der Waals surface area contributed by atoms with E-state index in [1.807, 2.05) is 38.2 Å². The second kappa shape index (κ2) is 9.42. The summed E-state index contributed by atoms with van der Waals surface area (Å²) >= 11 is 0. The summed E-state index contributed by atoms with van der Waals surface area (Å²) in [7, 11) is 0. The van der Waals surface area contributed by atoms with Gasteiger partial charge in [0.15, 0.2) is 5.82 Å². The molecule has 1 spiro atoms. The molecule has 10 nitrogen and oxygen atoms in total. The Morgan fingerprint density at radius 1 is 1.14 bits per heavy atom. The first-order valence-corrected chi connectivity index (χ1v) is 12.6. The van der Waals surface area contributed by atoms with E-state index < -0.39 is 5.60 Å². The largest absolute Gasteiger partial charge is 0.389 e. The fourth-order valence-corrected chi connectivity index (χ4v) is 5.10. The molecule has 5 heterocycles. The molecule has 0 aliphatic carbocycles. The Bertz CT molecular complexity index is 1200. The van der Waals surface area contributed by atoms with Crippen molar-refractivity contribution in [1.29, 1.82) is 0 Å². The van der Waals surface area contributed by atoms with Crippen molar-refractivity contribution < 1.29 is 10.2 Å². The van der Waals surface area contributed by atoms with E-state index in [0.29, 0.717) is 18.2 Å². The van der Waals surface area contributed by atoms with Gasteiger partial charge in [0.25, 0.3) is 0 Å². The van der Waals surface area contributed by atoms with Gasteiger partial charge >= 0.3 is 0 Å². The second-order valence-electron chi connectivity index (χ2n) is 11.0. The van der Waals surface area contributed by atoms with Crippen LogP contribution in [-0.4, -0.2) is 77.9 Å². The third-order valence-corrected chi connectivity index (χ3v) is 7.09. The number of aryl methyl sites for hydroxylation is 1. The van der Waals surface area contributed by atoms with Crippen molar-refractivity contribution >= 4 is 17.5 Å². The van der Waals surface area contributed by atoms with Crippen molar-refractivity contribution in [2.24, 2.45) is 5.41 Å². The van der Waals surface area contributed by atoms with E-state index in [1.165, 1.54) is 0 Å². The number of aliphatic hydroxyl groups is 2. The first-order valence-electron chi connectivity index (χ1n) is 12.6. The molecule has 2 aliphatic rings. The number of rotatable bonds is 7. The number of likely N-dealkylation sites (tertiary alicyclic amines) is 1. The van der Waals surface area contributed by atoms with Crippen LogP contribution in [0.3, 0.4) is 0 Å². The summed E-state index contributed by atoms with van der Waals surface area (Å²) in [5, 5.41) is 27.8. The summed E-state index contributed by atoms with van der Waals surface area (Å²) in [6, 6.07) is 5.92. The lowest BCUT2D eigenvalue weighted by Crippen LogP contribution is -2.61. The first-order chi connectivity index (χ1) is 17.1. The SMILES string of the molecule is Cc1ccnc(Nc2cc(N3CC4(CCN(C(C)O)CC4)C3)nc(-c3cnn(CC(C)(C)O)c3)n2)c1. The molecule has 2 saturated heterocycles. The maximum Gasteiger partial charge on any atom is 0.167 e. The van der Waals surface area contributed by atoms with Gasteiger partial charge < -0.3 is 20.4 Å². The smallest absolute Gasteiger partial charge is 0.167 e. The summed E-state index contributed by atoms with van der Waals surface area (Å²) < 4.78 is 1.72. The van der Waals surface area contributed by atoms with Crippen LogP contribution < -0.4 is 10.2 Å². The zero-order valence-corrected chi connectivity index (χ0v) is 21.5. The molecule has 36 heavy (non-hydrogen) atoms. The molecular formula is C26H36N8O2. The molecule has 0 bridgehead atoms. The minimum atomic E-state index is -0.870. The Hall–Kier alpha value is -3.08. The van der Waals surface area contributed by atoms with E-state index in [9.17, 15) is 10.2 Å². The maximum absolute atomic E-state index is 10.2. The van der Waals surface area contributed by atoms with Gasteiger partial charge in [-0.15, -0.1) is 0 Å². The van der Waals surface area contributed by atoms with Crippen molar-refractivity contribution in [3.05, 3.63) is 42.4 Å². The van der Waals surface area contributed by atoms with Crippen LogP contribution in [0.5, 0.6) is 0 Å². The van der Waals surface area contributed by atoms with Crippen LogP contribution in [0, 0.1) is 12.3 Å². The molecule has 0 radical (unpaired) electrons. The van der Waals surface area contributed by atoms with Crippen molar-refractivity contribution in [1.82, 2.24) is 29.6 Å². The highest BCUT2D eigenvalue weighted by atomic mass is 16.3. The molecule has 3 aromatic heterocycles. The van der Waals surface area contributed by atoms with Crippen LogP contribution in [0.1, 0.15) is 39.2 Å². The van der Waals surface area contributed by atoms with Crippen LogP contribution in [0.25, 0.3) is 11.4 Å². The maximum atomic E-state index is 10.2. The molecule has 10 heteroatoms. The highest BCUT2D eigenvalue weighted by molar-refractivity contribution is 5.64. The molecule has 3 N–H and O–H groups in total. The van der Waals surface area contributed by atoms with E-state index in [0.717, 1.165) is 61.8 Å². The summed E-state index contributed by atoms with van der Waals surface area (Å²) in [6.45, 7) is 11.5. The molecule has 1 atom stereocenters. The van der Waals surface area contributed by atoms with E-state index in [-0.39, 0.29) is 11.6 Å². The van der Waals surface area contributed by atoms with E-state index >= 15 is 0 Å².